The topological polar surface area (TPSA) is 128 Å². The van der Waals surface area contributed by atoms with Crippen LogP contribution in [0.15, 0.2) is 42.7 Å². The van der Waals surface area contributed by atoms with Crippen molar-refractivity contribution in [2.45, 2.75) is 25.8 Å². The number of carbonyl (C=O) groups excluding carboxylic acids is 1. The summed E-state index contributed by atoms with van der Waals surface area (Å²) in [6.45, 7) is 1.50. The van der Waals surface area contributed by atoms with Crippen molar-refractivity contribution in [3.63, 3.8) is 0 Å². The van der Waals surface area contributed by atoms with Crippen molar-refractivity contribution in [1.29, 1.82) is 0 Å². The third-order valence-corrected chi connectivity index (χ3v) is 4.57. The average Bonchev–Trinajstić information content (AvgIpc) is 3.31. The highest BCUT2D eigenvalue weighted by Gasteiger charge is 2.24. The van der Waals surface area contributed by atoms with Crippen molar-refractivity contribution in [2.24, 2.45) is 0 Å². The van der Waals surface area contributed by atoms with E-state index in [4.69, 9.17) is 0 Å². The number of aromatic nitrogens is 4. The van der Waals surface area contributed by atoms with E-state index in [1.54, 1.807) is 6.20 Å². The zero-order valence-electron chi connectivity index (χ0n) is 15.0. The van der Waals surface area contributed by atoms with Gasteiger partial charge < -0.3 is 10.6 Å². The van der Waals surface area contributed by atoms with Crippen LogP contribution in [0.5, 0.6) is 0 Å². The molecule has 0 aliphatic heterocycles. The van der Waals surface area contributed by atoms with Crippen LogP contribution in [0, 0.1) is 10.1 Å². The summed E-state index contributed by atoms with van der Waals surface area (Å²) in [6.07, 6.45) is 4.76. The molecule has 1 amide bonds. The number of aryl methyl sites for hydroxylation is 1. The molecular formula is C18H17N7O3. The van der Waals surface area contributed by atoms with E-state index in [1.807, 2.05) is 18.2 Å². The number of nitrogens with one attached hydrogen (secondary N) is 2. The minimum atomic E-state index is -0.485. The van der Waals surface area contributed by atoms with Gasteiger partial charge in [0, 0.05) is 18.7 Å². The molecule has 0 saturated carbocycles. The molecule has 10 nitrogen and oxygen atoms in total. The Hall–Kier alpha value is -3.82. The van der Waals surface area contributed by atoms with Gasteiger partial charge in [0.25, 0.3) is 0 Å². The first kappa shape index (κ1) is 17.6. The minimum absolute atomic E-state index is 0.00431. The summed E-state index contributed by atoms with van der Waals surface area (Å²) in [5.41, 5.74) is 2.72. The maximum Gasteiger partial charge on any atom is 0.311 e. The molecule has 1 aliphatic carbocycles. The first-order valence-corrected chi connectivity index (χ1v) is 8.70. The zero-order chi connectivity index (χ0) is 19.7. The molecule has 10 heteroatoms. The van der Waals surface area contributed by atoms with E-state index in [0.717, 1.165) is 24.0 Å². The highest BCUT2D eigenvalue weighted by Crippen LogP contribution is 2.34. The standard InChI is InChI=1S/C18H17N7O3/c1-11(26)20-15-5-2-12-10-13(3-4-14(12)15)21-18-16(25(27)28)6-7-17(22-18)24-9-8-19-23-24/h3-4,6-10,15H,2,5H2,1H3,(H,20,26)(H,21,22)/t15-/m1/s1. The fourth-order valence-corrected chi connectivity index (χ4v) is 3.37. The molecule has 3 aromatic rings. The molecule has 4 rings (SSSR count). The van der Waals surface area contributed by atoms with Crippen LogP contribution in [0.25, 0.3) is 5.82 Å². The molecule has 0 unspecified atom stereocenters. The maximum absolute atomic E-state index is 11.4. The molecule has 2 aromatic heterocycles. The number of pyridine rings is 1. The Balaban J connectivity index is 1.64. The number of carbonyl (C=O) groups is 1. The van der Waals surface area contributed by atoms with Gasteiger partial charge in [0.05, 0.1) is 23.4 Å². The van der Waals surface area contributed by atoms with Gasteiger partial charge in [-0.15, -0.1) is 5.10 Å². The largest absolute Gasteiger partial charge is 0.350 e. The Morgan fingerprint density at radius 1 is 1.32 bits per heavy atom. The maximum atomic E-state index is 11.4. The molecule has 2 N–H and O–H groups in total. The van der Waals surface area contributed by atoms with Crippen LogP contribution in [-0.2, 0) is 11.2 Å². The first-order chi connectivity index (χ1) is 13.5. The van der Waals surface area contributed by atoms with E-state index in [1.165, 1.54) is 29.9 Å². The van der Waals surface area contributed by atoms with Crippen LogP contribution >= 0.6 is 0 Å². The lowest BCUT2D eigenvalue weighted by atomic mass is 10.1. The smallest absolute Gasteiger partial charge is 0.311 e. The normalized spacial score (nSPS) is 15.1. The molecule has 2 heterocycles. The van der Waals surface area contributed by atoms with Crippen LogP contribution in [0.1, 0.15) is 30.5 Å². The average molecular weight is 379 g/mol. The fraction of sp³-hybridized carbons (Fsp3) is 0.222. The Labute approximate surface area is 159 Å². The lowest BCUT2D eigenvalue weighted by Gasteiger charge is -2.13. The number of rotatable bonds is 5. The number of amides is 1. The molecule has 1 aliphatic rings. The first-order valence-electron chi connectivity index (χ1n) is 8.70. The molecule has 1 atom stereocenters. The summed E-state index contributed by atoms with van der Waals surface area (Å²) >= 11 is 0. The summed E-state index contributed by atoms with van der Waals surface area (Å²) < 4.78 is 1.43. The number of hydrogen-bond acceptors (Lipinski definition) is 7. The third-order valence-electron chi connectivity index (χ3n) is 4.57. The molecule has 28 heavy (non-hydrogen) atoms. The summed E-state index contributed by atoms with van der Waals surface area (Å²) in [5, 5.41) is 25.0. The molecular weight excluding hydrogens is 362 g/mol. The fourth-order valence-electron chi connectivity index (χ4n) is 3.37. The van der Waals surface area contributed by atoms with Crippen molar-refractivity contribution in [2.75, 3.05) is 5.32 Å². The van der Waals surface area contributed by atoms with Crippen LogP contribution in [-0.4, -0.2) is 30.8 Å². The van der Waals surface area contributed by atoms with Gasteiger partial charge in [0.15, 0.2) is 5.82 Å². The Morgan fingerprint density at radius 3 is 2.89 bits per heavy atom. The summed E-state index contributed by atoms with van der Waals surface area (Å²) in [5.74, 6) is 0.469. The number of fused-ring (bicyclic) bond motifs is 1. The Bertz CT molecular complexity index is 1050. The van der Waals surface area contributed by atoms with Crippen LogP contribution in [0.2, 0.25) is 0 Å². The zero-order valence-corrected chi connectivity index (χ0v) is 15.0. The Morgan fingerprint density at radius 2 is 2.18 bits per heavy atom. The van der Waals surface area contributed by atoms with Crippen molar-refractivity contribution >= 4 is 23.1 Å². The molecule has 0 radical (unpaired) electrons. The van der Waals surface area contributed by atoms with Crippen molar-refractivity contribution in [3.05, 3.63) is 64.0 Å². The van der Waals surface area contributed by atoms with Crippen molar-refractivity contribution in [3.8, 4) is 5.82 Å². The second kappa shape index (κ2) is 7.06. The molecule has 142 valence electrons. The quantitative estimate of drug-likeness (QED) is 0.515. The van der Waals surface area contributed by atoms with Crippen molar-refractivity contribution < 1.29 is 9.72 Å². The van der Waals surface area contributed by atoms with Gasteiger partial charge in [0.1, 0.15) is 0 Å². The van der Waals surface area contributed by atoms with E-state index in [2.05, 4.69) is 25.9 Å². The van der Waals surface area contributed by atoms with Crippen LogP contribution in [0.4, 0.5) is 17.2 Å². The second-order valence-corrected chi connectivity index (χ2v) is 6.47. The van der Waals surface area contributed by atoms with Gasteiger partial charge in [-0.2, -0.15) is 0 Å². The molecule has 0 fully saturated rings. The van der Waals surface area contributed by atoms with Gasteiger partial charge in [-0.3, -0.25) is 14.9 Å². The van der Waals surface area contributed by atoms with E-state index >= 15 is 0 Å². The monoisotopic (exact) mass is 379 g/mol. The lowest BCUT2D eigenvalue weighted by Crippen LogP contribution is -2.24. The Kier molecular flexibility index (Phi) is 4.44. The summed E-state index contributed by atoms with van der Waals surface area (Å²) in [7, 11) is 0. The predicted molar refractivity (Wildman–Crippen MR) is 100 cm³/mol. The van der Waals surface area contributed by atoms with E-state index in [0.29, 0.717) is 11.5 Å². The second-order valence-electron chi connectivity index (χ2n) is 6.47. The third kappa shape index (κ3) is 3.39. The number of anilines is 2. The molecule has 0 bridgehead atoms. The molecule has 0 saturated heterocycles. The molecule has 1 aromatic carbocycles. The highest BCUT2D eigenvalue weighted by molar-refractivity contribution is 5.74. The summed E-state index contributed by atoms with van der Waals surface area (Å²) in [4.78, 5) is 26.6. The van der Waals surface area contributed by atoms with Gasteiger partial charge in [-0.05, 0) is 42.2 Å². The highest BCUT2D eigenvalue weighted by atomic mass is 16.6. The predicted octanol–water partition coefficient (Wildman–Crippen LogP) is 2.44. The van der Waals surface area contributed by atoms with Gasteiger partial charge in [-0.25, -0.2) is 9.67 Å². The van der Waals surface area contributed by atoms with Gasteiger partial charge in [0.2, 0.25) is 11.7 Å². The number of hydrogen-bond donors (Lipinski definition) is 2. The van der Waals surface area contributed by atoms with E-state index in [-0.39, 0.29) is 23.5 Å². The SMILES string of the molecule is CC(=O)N[C@@H]1CCc2cc(Nc3nc(-n4ccnn4)ccc3[N+](=O)[O-])ccc21. The molecule has 0 spiro atoms. The minimum Gasteiger partial charge on any atom is -0.350 e. The van der Waals surface area contributed by atoms with Gasteiger partial charge in [-0.1, -0.05) is 11.3 Å². The van der Waals surface area contributed by atoms with Crippen LogP contribution in [0.3, 0.4) is 0 Å². The number of nitrogens with zero attached hydrogens (tertiary/aromatic N) is 5. The van der Waals surface area contributed by atoms with E-state index < -0.39 is 4.92 Å². The number of benzene rings is 1. The van der Waals surface area contributed by atoms with Crippen molar-refractivity contribution in [1.82, 2.24) is 25.3 Å². The number of nitro groups is 1. The van der Waals surface area contributed by atoms with Gasteiger partial charge >= 0.3 is 5.69 Å². The van der Waals surface area contributed by atoms with Crippen LogP contribution < -0.4 is 10.6 Å². The lowest BCUT2D eigenvalue weighted by molar-refractivity contribution is -0.384. The van der Waals surface area contributed by atoms with E-state index in [9.17, 15) is 14.9 Å². The summed E-state index contributed by atoms with van der Waals surface area (Å²) in [6, 6.07) is 8.59.